The highest BCUT2D eigenvalue weighted by molar-refractivity contribution is 5.94. The second-order valence-electron chi connectivity index (χ2n) is 6.58. The number of hydrogen-bond acceptors (Lipinski definition) is 5. The van der Waals surface area contributed by atoms with Crippen LogP contribution < -0.4 is 5.32 Å². The first-order valence-electron chi connectivity index (χ1n) is 8.62. The molecule has 1 aromatic carbocycles. The highest BCUT2D eigenvalue weighted by Crippen LogP contribution is 2.36. The predicted octanol–water partition coefficient (Wildman–Crippen LogP) is 1.54. The number of ether oxygens (including phenoxy) is 1. The Morgan fingerprint density at radius 2 is 2.19 bits per heavy atom. The van der Waals surface area contributed by atoms with Crippen LogP contribution in [0.4, 0.5) is 4.39 Å². The number of carbonyl (C=O) groups is 1. The van der Waals surface area contributed by atoms with Gasteiger partial charge in [0.15, 0.2) is 5.82 Å². The topological polar surface area (TPSA) is 89.3 Å². The van der Waals surface area contributed by atoms with E-state index in [1.807, 2.05) is 4.57 Å². The Kier molecular flexibility index (Phi) is 5.63. The van der Waals surface area contributed by atoms with E-state index in [1.165, 1.54) is 12.1 Å². The van der Waals surface area contributed by atoms with Crippen molar-refractivity contribution in [3.63, 3.8) is 0 Å². The Bertz CT molecular complexity index is 787. The van der Waals surface area contributed by atoms with Gasteiger partial charge in [-0.05, 0) is 43.5 Å². The molecule has 2 aromatic rings. The van der Waals surface area contributed by atoms with Crippen molar-refractivity contribution in [3.8, 4) is 0 Å². The normalized spacial score (nSPS) is 19.2. The molecule has 2 N–H and O–H groups in total. The van der Waals surface area contributed by atoms with E-state index in [0.717, 1.165) is 18.7 Å². The van der Waals surface area contributed by atoms with Gasteiger partial charge in [-0.3, -0.25) is 4.79 Å². The zero-order valence-electron chi connectivity index (χ0n) is 14.9. The van der Waals surface area contributed by atoms with Crippen molar-refractivity contribution in [1.29, 1.82) is 0 Å². The Morgan fingerprint density at radius 1 is 1.42 bits per heavy atom. The van der Waals surface area contributed by atoms with Crippen LogP contribution in [0.2, 0.25) is 0 Å². The fourth-order valence-corrected chi connectivity index (χ4v) is 3.20. The van der Waals surface area contributed by atoms with Crippen molar-refractivity contribution in [2.24, 2.45) is 0 Å². The van der Waals surface area contributed by atoms with Gasteiger partial charge in [-0.2, -0.15) is 0 Å². The zero-order chi connectivity index (χ0) is 18.7. The van der Waals surface area contributed by atoms with Gasteiger partial charge in [0.1, 0.15) is 18.2 Å². The minimum atomic E-state index is -0.319. The number of rotatable bonds is 7. The van der Waals surface area contributed by atoms with E-state index in [-0.39, 0.29) is 30.3 Å². The molecule has 0 saturated heterocycles. The number of benzene rings is 1. The number of aliphatic hydroxyl groups is 1. The molecular formula is C18H23FN4O3. The molecule has 0 unspecified atom stereocenters. The maximum Gasteiger partial charge on any atom is 0.251 e. The molecule has 0 bridgehead atoms. The van der Waals surface area contributed by atoms with E-state index >= 15 is 0 Å². The van der Waals surface area contributed by atoms with E-state index in [9.17, 15) is 14.3 Å². The summed E-state index contributed by atoms with van der Waals surface area (Å²) in [6.07, 6.45) is 1.50. The second kappa shape index (κ2) is 7.92. The fraction of sp³-hybridized carbons (Fsp3) is 0.500. The van der Waals surface area contributed by atoms with E-state index in [0.29, 0.717) is 30.1 Å². The summed E-state index contributed by atoms with van der Waals surface area (Å²) in [5.74, 6) is 0.995. The van der Waals surface area contributed by atoms with Crippen LogP contribution in [-0.2, 0) is 17.9 Å². The SMILES string of the molecule is COCCn1c(CO)nnc1C1CC(NC(=O)c2ccc(F)c(C)c2)C1. The number of hydrogen-bond donors (Lipinski definition) is 2. The molecule has 0 aliphatic heterocycles. The third-order valence-corrected chi connectivity index (χ3v) is 4.78. The first kappa shape index (κ1) is 18.5. The summed E-state index contributed by atoms with van der Waals surface area (Å²) in [6, 6.07) is 4.39. The van der Waals surface area contributed by atoms with Crippen LogP contribution in [0.15, 0.2) is 18.2 Å². The first-order valence-corrected chi connectivity index (χ1v) is 8.62. The number of nitrogens with one attached hydrogen (secondary N) is 1. The molecule has 1 heterocycles. The van der Waals surface area contributed by atoms with Crippen LogP contribution in [0.5, 0.6) is 0 Å². The van der Waals surface area contributed by atoms with Crippen LogP contribution in [0.25, 0.3) is 0 Å². The average Bonchev–Trinajstić information content (AvgIpc) is 3.00. The lowest BCUT2D eigenvalue weighted by molar-refractivity contribution is 0.0906. The highest BCUT2D eigenvalue weighted by Gasteiger charge is 2.35. The summed E-state index contributed by atoms with van der Waals surface area (Å²) in [5.41, 5.74) is 0.907. The number of nitrogens with zero attached hydrogens (tertiary/aromatic N) is 3. The molecule has 140 valence electrons. The zero-order valence-corrected chi connectivity index (χ0v) is 14.9. The number of methoxy groups -OCH3 is 1. The highest BCUT2D eigenvalue weighted by atomic mass is 19.1. The summed E-state index contributed by atoms with van der Waals surface area (Å²) in [4.78, 5) is 12.3. The van der Waals surface area contributed by atoms with Gasteiger partial charge >= 0.3 is 0 Å². The number of aromatic nitrogens is 3. The maximum atomic E-state index is 13.3. The van der Waals surface area contributed by atoms with Crippen LogP contribution in [-0.4, -0.2) is 45.5 Å². The molecule has 1 aliphatic carbocycles. The summed E-state index contributed by atoms with van der Waals surface area (Å²) in [7, 11) is 1.62. The molecular weight excluding hydrogens is 339 g/mol. The first-order chi connectivity index (χ1) is 12.5. The molecule has 1 fully saturated rings. The van der Waals surface area contributed by atoms with E-state index < -0.39 is 0 Å². The Morgan fingerprint density at radius 3 is 2.85 bits per heavy atom. The summed E-state index contributed by atoms with van der Waals surface area (Å²) in [5, 5.41) is 20.6. The molecule has 26 heavy (non-hydrogen) atoms. The van der Waals surface area contributed by atoms with Crippen LogP contribution in [0, 0.1) is 12.7 Å². The fourth-order valence-electron chi connectivity index (χ4n) is 3.20. The molecule has 1 aliphatic rings. The lowest BCUT2D eigenvalue weighted by atomic mass is 9.79. The van der Waals surface area contributed by atoms with Gasteiger partial charge in [0.05, 0.1) is 6.61 Å². The molecule has 3 rings (SSSR count). The lowest BCUT2D eigenvalue weighted by Gasteiger charge is -2.35. The number of halogens is 1. The van der Waals surface area contributed by atoms with Crippen molar-refractivity contribution in [3.05, 3.63) is 46.8 Å². The standard InChI is InChI=1S/C18H23FN4O3/c1-11-7-12(3-4-15(11)19)18(25)20-14-8-13(9-14)17-22-21-16(10-24)23(17)5-6-26-2/h3-4,7,13-14,24H,5-6,8-10H2,1-2H3,(H,20,25). The predicted molar refractivity (Wildman–Crippen MR) is 92.2 cm³/mol. The van der Waals surface area contributed by atoms with E-state index in [4.69, 9.17) is 4.74 Å². The minimum Gasteiger partial charge on any atom is -0.388 e. The monoisotopic (exact) mass is 362 g/mol. The quantitative estimate of drug-likeness (QED) is 0.780. The molecule has 1 amide bonds. The van der Waals surface area contributed by atoms with Crippen LogP contribution in [0.1, 0.15) is 46.3 Å². The average molecular weight is 362 g/mol. The van der Waals surface area contributed by atoms with Crippen molar-refractivity contribution in [1.82, 2.24) is 20.1 Å². The maximum absolute atomic E-state index is 13.3. The molecule has 1 saturated carbocycles. The molecule has 0 atom stereocenters. The third kappa shape index (κ3) is 3.76. The summed E-state index contributed by atoms with van der Waals surface area (Å²) < 4.78 is 20.3. The van der Waals surface area contributed by atoms with Crippen LogP contribution >= 0.6 is 0 Å². The van der Waals surface area contributed by atoms with Gasteiger partial charge in [0.25, 0.3) is 5.91 Å². The van der Waals surface area contributed by atoms with Gasteiger partial charge in [0.2, 0.25) is 0 Å². The molecule has 1 aromatic heterocycles. The Balaban J connectivity index is 1.59. The molecule has 0 spiro atoms. The van der Waals surface area contributed by atoms with Gasteiger partial charge in [-0.1, -0.05) is 0 Å². The Hall–Kier alpha value is -2.32. The summed E-state index contributed by atoms with van der Waals surface area (Å²) >= 11 is 0. The second-order valence-corrected chi connectivity index (χ2v) is 6.58. The number of carbonyl (C=O) groups excluding carboxylic acids is 1. The van der Waals surface area contributed by atoms with Gasteiger partial charge in [0, 0.05) is 31.2 Å². The smallest absolute Gasteiger partial charge is 0.251 e. The van der Waals surface area contributed by atoms with E-state index in [1.54, 1.807) is 20.1 Å². The molecule has 8 heteroatoms. The van der Waals surface area contributed by atoms with Crippen molar-refractivity contribution < 1.29 is 19.0 Å². The van der Waals surface area contributed by atoms with Gasteiger partial charge < -0.3 is 19.7 Å². The Labute approximate surface area is 151 Å². The molecule has 7 nitrogen and oxygen atoms in total. The third-order valence-electron chi connectivity index (χ3n) is 4.78. The number of aryl methyl sites for hydroxylation is 1. The van der Waals surface area contributed by atoms with Crippen LogP contribution in [0.3, 0.4) is 0 Å². The largest absolute Gasteiger partial charge is 0.388 e. The summed E-state index contributed by atoms with van der Waals surface area (Å²) in [6.45, 7) is 2.55. The van der Waals surface area contributed by atoms with E-state index in [2.05, 4.69) is 15.5 Å². The van der Waals surface area contributed by atoms with Crippen molar-refractivity contribution >= 4 is 5.91 Å². The van der Waals surface area contributed by atoms with Crippen molar-refractivity contribution in [2.45, 2.75) is 44.9 Å². The minimum absolute atomic E-state index is 0.0445. The number of aliphatic hydroxyl groups excluding tert-OH is 1. The lowest BCUT2D eigenvalue weighted by Crippen LogP contribution is -2.44. The van der Waals surface area contributed by atoms with Crippen molar-refractivity contribution in [2.75, 3.05) is 13.7 Å². The number of amides is 1. The van der Waals surface area contributed by atoms with Gasteiger partial charge in [-0.25, -0.2) is 4.39 Å². The molecule has 0 radical (unpaired) electrons. The van der Waals surface area contributed by atoms with Gasteiger partial charge in [-0.15, -0.1) is 10.2 Å².